The second kappa shape index (κ2) is 7.01. The molecular formula is C13H24N4O3. The predicted octanol–water partition coefficient (Wildman–Crippen LogP) is -0.922. The Morgan fingerprint density at radius 2 is 2.05 bits per heavy atom. The quantitative estimate of drug-likeness (QED) is 0.387. The number of likely N-dealkylation sites (tertiary alicyclic amines) is 1. The van der Waals surface area contributed by atoms with Gasteiger partial charge in [0.2, 0.25) is 5.91 Å². The van der Waals surface area contributed by atoms with Crippen LogP contribution in [0.1, 0.15) is 25.7 Å². The minimum Gasteiger partial charge on any atom is -0.364 e. The molecule has 2 saturated heterocycles. The zero-order chi connectivity index (χ0) is 14.5. The zero-order valence-corrected chi connectivity index (χ0v) is 12.0. The Morgan fingerprint density at radius 3 is 2.70 bits per heavy atom. The van der Waals surface area contributed by atoms with E-state index >= 15 is 0 Å². The molecule has 2 atom stereocenters. The largest absolute Gasteiger partial charge is 0.364 e. The number of nitrogens with two attached hydrogens (primary N) is 1. The molecule has 2 rings (SSSR count). The van der Waals surface area contributed by atoms with Crippen LogP contribution in [-0.4, -0.2) is 67.0 Å². The van der Waals surface area contributed by atoms with E-state index in [9.17, 15) is 9.59 Å². The Labute approximate surface area is 119 Å². The van der Waals surface area contributed by atoms with Gasteiger partial charge in [-0.05, 0) is 32.7 Å². The molecule has 0 aromatic rings. The summed E-state index contributed by atoms with van der Waals surface area (Å²) in [5.74, 6) is 5.00. The summed E-state index contributed by atoms with van der Waals surface area (Å²) in [6, 6.07) is 0. The van der Waals surface area contributed by atoms with Gasteiger partial charge in [-0.1, -0.05) is 0 Å². The number of carbonyl (C=O) groups excluding carboxylic acids is 2. The molecule has 0 aromatic heterocycles. The first-order valence-corrected chi connectivity index (χ1v) is 7.22. The molecule has 2 fully saturated rings. The van der Waals surface area contributed by atoms with Gasteiger partial charge in [-0.15, -0.1) is 0 Å². The Bertz CT molecular complexity index is 358. The highest BCUT2D eigenvalue weighted by atomic mass is 16.5. The fourth-order valence-corrected chi connectivity index (χ4v) is 2.84. The van der Waals surface area contributed by atoms with Crippen LogP contribution in [0.5, 0.6) is 0 Å². The van der Waals surface area contributed by atoms with E-state index in [2.05, 4.69) is 5.43 Å². The number of hydrogen-bond acceptors (Lipinski definition) is 5. The highest BCUT2D eigenvalue weighted by Crippen LogP contribution is 2.20. The summed E-state index contributed by atoms with van der Waals surface area (Å²) in [6.07, 6.45) is 3.26. The van der Waals surface area contributed by atoms with Gasteiger partial charge < -0.3 is 9.64 Å². The minimum absolute atomic E-state index is 0.00585. The maximum absolute atomic E-state index is 12.0. The van der Waals surface area contributed by atoms with Gasteiger partial charge in [0.15, 0.2) is 0 Å². The van der Waals surface area contributed by atoms with Gasteiger partial charge in [0, 0.05) is 19.6 Å². The first-order valence-electron chi connectivity index (χ1n) is 7.22. The average Bonchev–Trinajstić information content (AvgIpc) is 3.08. The van der Waals surface area contributed by atoms with Gasteiger partial charge in [0.25, 0.3) is 5.91 Å². The lowest BCUT2D eigenvalue weighted by molar-refractivity contribution is -0.134. The molecule has 0 aliphatic carbocycles. The SMILES string of the molecule is CN(CC(=O)N1CCCC1)CC1CCC(C(=O)NN)O1. The summed E-state index contributed by atoms with van der Waals surface area (Å²) < 4.78 is 5.63. The lowest BCUT2D eigenvalue weighted by atomic mass is 10.2. The number of likely N-dealkylation sites (N-methyl/N-ethyl adjacent to an activating group) is 1. The standard InChI is InChI=1S/C13H24N4O3/c1-16(9-12(18)17-6-2-3-7-17)8-10-4-5-11(20-10)13(19)15-14/h10-11H,2-9,14H2,1H3,(H,15,19). The van der Waals surface area contributed by atoms with Crippen molar-refractivity contribution in [2.75, 3.05) is 33.2 Å². The molecule has 0 spiro atoms. The van der Waals surface area contributed by atoms with Gasteiger partial charge in [-0.3, -0.25) is 19.9 Å². The maximum Gasteiger partial charge on any atom is 0.263 e. The van der Waals surface area contributed by atoms with E-state index in [-0.39, 0.29) is 17.9 Å². The Morgan fingerprint density at radius 1 is 1.35 bits per heavy atom. The molecule has 0 bridgehead atoms. The molecule has 2 heterocycles. The van der Waals surface area contributed by atoms with Crippen LogP contribution in [0.2, 0.25) is 0 Å². The van der Waals surface area contributed by atoms with Crippen molar-refractivity contribution in [1.82, 2.24) is 15.2 Å². The Kier molecular flexibility index (Phi) is 5.33. The van der Waals surface area contributed by atoms with E-state index in [1.165, 1.54) is 0 Å². The van der Waals surface area contributed by atoms with Gasteiger partial charge >= 0.3 is 0 Å². The predicted molar refractivity (Wildman–Crippen MR) is 73.5 cm³/mol. The van der Waals surface area contributed by atoms with E-state index < -0.39 is 6.10 Å². The van der Waals surface area contributed by atoms with Crippen LogP contribution in [0.15, 0.2) is 0 Å². The van der Waals surface area contributed by atoms with E-state index in [1.807, 2.05) is 16.8 Å². The molecule has 7 heteroatoms. The van der Waals surface area contributed by atoms with Crippen LogP contribution < -0.4 is 11.3 Å². The van der Waals surface area contributed by atoms with Gasteiger partial charge in [-0.25, -0.2) is 5.84 Å². The van der Waals surface area contributed by atoms with Crippen LogP contribution in [0.4, 0.5) is 0 Å². The van der Waals surface area contributed by atoms with E-state index in [0.717, 1.165) is 32.4 Å². The molecule has 2 aliphatic heterocycles. The molecule has 2 amide bonds. The lowest BCUT2D eigenvalue weighted by Gasteiger charge is -2.23. The second-order valence-corrected chi connectivity index (χ2v) is 5.62. The average molecular weight is 284 g/mol. The third kappa shape index (κ3) is 3.91. The number of hydrazine groups is 1. The maximum atomic E-state index is 12.0. The highest BCUT2D eigenvalue weighted by Gasteiger charge is 2.31. The molecule has 114 valence electrons. The fraction of sp³-hybridized carbons (Fsp3) is 0.846. The number of ether oxygens (including phenoxy) is 1. The van der Waals surface area contributed by atoms with Crippen molar-refractivity contribution < 1.29 is 14.3 Å². The van der Waals surface area contributed by atoms with Crippen molar-refractivity contribution in [1.29, 1.82) is 0 Å². The van der Waals surface area contributed by atoms with Crippen LogP contribution >= 0.6 is 0 Å². The topological polar surface area (TPSA) is 87.9 Å². The van der Waals surface area contributed by atoms with Gasteiger partial charge in [0.05, 0.1) is 12.6 Å². The van der Waals surface area contributed by atoms with E-state index in [0.29, 0.717) is 19.5 Å². The fourth-order valence-electron chi connectivity index (χ4n) is 2.84. The molecule has 2 unspecified atom stereocenters. The molecule has 0 aromatic carbocycles. The van der Waals surface area contributed by atoms with E-state index in [4.69, 9.17) is 10.6 Å². The van der Waals surface area contributed by atoms with Crippen LogP contribution in [-0.2, 0) is 14.3 Å². The first kappa shape index (κ1) is 15.2. The molecule has 20 heavy (non-hydrogen) atoms. The van der Waals surface area contributed by atoms with Gasteiger partial charge in [-0.2, -0.15) is 0 Å². The smallest absolute Gasteiger partial charge is 0.263 e. The summed E-state index contributed by atoms with van der Waals surface area (Å²) in [7, 11) is 1.91. The van der Waals surface area contributed by atoms with E-state index in [1.54, 1.807) is 0 Å². The number of nitrogens with zero attached hydrogens (tertiary/aromatic N) is 2. The molecular weight excluding hydrogens is 260 g/mol. The number of amides is 2. The number of rotatable bonds is 5. The summed E-state index contributed by atoms with van der Waals surface area (Å²) >= 11 is 0. The number of nitrogens with one attached hydrogen (secondary N) is 1. The normalized spacial score (nSPS) is 26.2. The van der Waals surface area contributed by atoms with Crippen LogP contribution in [0.3, 0.4) is 0 Å². The minimum atomic E-state index is -0.451. The summed E-state index contributed by atoms with van der Waals surface area (Å²) in [5, 5.41) is 0. The van der Waals surface area contributed by atoms with Crippen molar-refractivity contribution in [2.45, 2.75) is 37.9 Å². The third-order valence-corrected chi connectivity index (χ3v) is 3.92. The third-order valence-electron chi connectivity index (χ3n) is 3.92. The van der Waals surface area contributed by atoms with Crippen molar-refractivity contribution in [3.8, 4) is 0 Å². The summed E-state index contributed by atoms with van der Waals surface area (Å²) in [4.78, 5) is 27.3. The molecule has 2 aliphatic rings. The molecule has 0 saturated carbocycles. The van der Waals surface area contributed by atoms with Crippen molar-refractivity contribution in [3.63, 3.8) is 0 Å². The second-order valence-electron chi connectivity index (χ2n) is 5.62. The number of carbonyl (C=O) groups is 2. The summed E-state index contributed by atoms with van der Waals surface area (Å²) in [6.45, 7) is 2.83. The van der Waals surface area contributed by atoms with Crippen molar-refractivity contribution >= 4 is 11.8 Å². The Balaban J connectivity index is 1.71. The van der Waals surface area contributed by atoms with Crippen molar-refractivity contribution in [3.05, 3.63) is 0 Å². The van der Waals surface area contributed by atoms with Crippen LogP contribution in [0.25, 0.3) is 0 Å². The van der Waals surface area contributed by atoms with Crippen LogP contribution in [0, 0.1) is 0 Å². The Hall–Kier alpha value is -1.18. The lowest BCUT2D eigenvalue weighted by Crippen LogP contribution is -2.41. The zero-order valence-electron chi connectivity index (χ0n) is 12.0. The molecule has 0 radical (unpaired) electrons. The molecule has 3 N–H and O–H groups in total. The monoisotopic (exact) mass is 284 g/mol. The van der Waals surface area contributed by atoms with Gasteiger partial charge in [0.1, 0.15) is 6.10 Å². The summed E-state index contributed by atoms with van der Waals surface area (Å²) in [5.41, 5.74) is 2.11. The highest BCUT2D eigenvalue weighted by molar-refractivity contribution is 5.80. The van der Waals surface area contributed by atoms with Crippen molar-refractivity contribution in [2.24, 2.45) is 5.84 Å². The number of hydrogen-bond donors (Lipinski definition) is 2. The first-order chi connectivity index (χ1) is 9.60. The molecule has 7 nitrogen and oxygen atoms in total.